The third-order valence-corrected chi connectivity index (χ3v) is 2.59. The van der Waals surface area contributed by atoms with E-state index in [0.29, 0.717) is 6.10 Å². The van der Waals surface area contributed by atoms with Crippen LogP contribution < -0.4 is 0 Å². The number of hydrogen-bond donors (Lipinski definition) is 0. The van der Waals surface area contributed by atoms with Gasteiger partial charge in [-0.25, -0.2) is 0 Å². The second kappa shape index (κ2) is 2.70. The fourth-order valence-corrected chi connectivity index (χ4v) is 1.32. The Morgan fingerprint density at radius 3 is 2.33 bits per heavy atom. The van der Waals surface area contributed by atoms with E-state index in [2.05, 4.69) is 20.8 Å². The lowest BCUT2D eigenvalue weighted by Gasteiger charge is -2.31. The summed E-state index contributed by atoms with van der Waals surface area (Å²) in [6.07, 6.45) is 1.72. The molecule has 0 saturated carbocycles. The molecule has 9 heavy (non-hydrogen) atoms. The van der Waals surface area contributed by atoms with E-state index in [1.54, 1.807) is 0 Å². The van der Waals surface area contributed by atoms with Gasteiger partial charge in [0.05, 0.1) is 6.10 Å². The fraction of sp³-hybridized carbons (Fsp3) is 1.00. The smallest absolute Gasteiger partial charge is 0.0575 e. The molecule has 1 unspecified atom stereocenters. The summed E-state index contributed by atoms with van der Waals surface area (Å²) in [6, 6.07) is 0. The highest BCUT2D eigenvalue weighted by Gasteiger charge is 2.23. The molecular weight excluding hydrogens is 112 g/mol. The van der Waals surface area contributed by atoms with Crippen molar-refractivity contribution in [2.24, 2.45) is 11.8 Å². The van der Waals surface area contributed by atoms with Gasteiger partial charge in [-0.1, -0.05) is 13.8 Å². The lowest BCUT2D eigenvalue weighted by atomic mass is 9.87. The van der Waals surface area contributed by atoms with E-state index in [-0.39, 0.29) is 0 Å². The zero-order valence-corrected chi connectivity index (χ0v) is 6.55. The molecule has 54 valence electrons. The van der Waals surface area contributed by atoms with Crippen LogP contribution in [-0.4, -0.2) is 12.7 Å². The van der Waals surface area contributed by atoms with Gasteiger partial charge in [0.25, 0.3) is 0 Å². The van der Waals surface area contributed by atoms with Gasteiger partial charge in [-0.15, -0.1) is 0 Å². The Morgan fingerprint density at radius 2 is 1.89 bits per heavy atom. The van der Waals surface area contributed by atoms with Crippen molar-refractivity contribution in [3.8, 4) is 0 Å². The Labute approximate surface area is 57.4 Å². The second-order valence-electron chi connectivity index (χ2n) is 3.20. The minimum atomic E-state index is 0.480. The molecule has 0 radical (unpaired) electrons. The zero-order chi connectivity index (χ0) is 6.85. The Hall–Kier alpha value is -0.0400. The van der Waals surface area contributed by atoms with Gasteiger partial charge in [-0.3, -0.25) is 0 Å². The zero-order valence-electron chi connectivity index (χ0n) is 6.55. The number of hydrogen-bond acceptors (Lipinski definition) is 1. The molecule has 0 spiro atoms. The van der Waals surface area contributed by atoms with Gasteiger partial charge in [0.15, 0.2) is 0 Å². The standard InChI is InChI=1S/C8H16O/c1-6-4-5-9-8(3)7(6)2/h6-8H,4-5H2,1-3H3/t6?,7-,8-/m0/s1. The minimum absolute atomic E-state index is 0.480. The normalized spacial score (nSPS) is 45.0. The lowest BCUT2D eigenvalue weighted by Crippen LogP contribution is -2.30. The first-order valence-electron chi connectivity index (χ1n) is 3.83. The highest BCUT2D eigenvalue weighted by Crippen LogP contribution is 2.25. The minimum Gasteiger partial charge on any atom is -0.378 e. The molecule has 1 aliphatic rings. The topological polar surface area (TPSA) is 9.23 Å². The monoisotopic (exact) mass is 128 g/mol. The van der Waals surface area contributed by atoms with Crippen LogP contribution in [0.25, 0.3) is 0 Å². The molecule has 1 fully saturated rings. The number of ether oxygens (including phenoxy) is 1. The molecule has 0 aromatic carbocycles. The molecule has 1 aliphatic heterocycles. The van der Waals surface area contributed by atoms with Gasteiger partial charge in [-0.05, 0) is 25.2 Å². The first-order chi connectivity index (χ1) is 4.22. The molecule has 1 rings (SSSR count). The molecule has 1 heteroatoms. The predicted octanol–water partition coefficient (Wildman–Crippen LogP) is 2.07. The molecule has 0 aromatic heterocycles. The lowest BCUT2D eigenvalue weighted by molar-refractivity contribution is -0.0345. The van der Waals surface area contributed by atoms with Crippen LogP contribution in [0.1, 0.15) is 27.2 Å². The van der Waals surface area contributed by atoms with E-state index in [9.17, 15) is 0 Å². The van der Waals surface area contributed by atoms with Gasteiger partial charge >= 0.3 is 0 Å². The first kappa shape index (κ1) is 7.07. The van der Waals surface area contributed by atoms with E-state index in [1.165, 1.54) is 6.42 Å². The van der Waals surface area contributed by atoms with E-state index in [1.807, 2.05) is 0 Å². The van der Waals surface area contributed by atoms with Crippen molar-refractivity contribution in [2.75, 3.05) is 6.61 Å². The Morgan fingerprint density at radius 1 is 1.22 bits per heavy atom. The Bertz CT molecular complexity index is 80.6. The van der Waals surface area contributed by atoms with Crippen LogP contribution >= 0.6 is 0 Å². The summed E-state index contributed by atoms with van der Waals surface area (Å²) in [4.78, 5) is 0. The van der Waals surface area contributed by atoms with Crippen molar-refractivity contribution in [1.29, 1.82) is 0 Å². The first-order valence-corrected chi connectivity index (χ1v) is 3.83. The highest BCUT2D eigenvalue weighted by molar-refractivity contribution is 4.72. The number of rotatable bonds is 0. The maximum absolute atomic E-state index is 5.46. The average Bonchev–Trinajstić information content (AvgIpc) is 1.83. The van der Waals surface area contributed by atoms with Crippen LogP contribution in [0.5, 0.6) is 0 Å². The molecule has 1 heterocycles. The Balaban J connectivity index is 2.41. The largest absolute Gasteiger partial charge is 0.378 e. The van der Waals surface area contributed by atoms with Crippen molar-refractivity contribution >= 4 is 0 Å². The van der Waals surface area contributed by atoms with E-state index in [0.717, 1.165) is 18.4 Å². The second-order valence-corrected chi connectivity index (χ2v) is 3.20. The van der Waals surface area contributed by atoms with Gasteiger partial charge in [0, 0.05) is 6.61 Å². The third-order valence-electron chi connectivity index (χ3n) is 2.59. The Kier molecular flexibility index (Phi) is 2.12. The SMILES string of the molecule is CC1CCO[C@@H](C)[C@H]1C. The van der Waals surface area contributed by atoms with Crippen LogP contribution in [-0.2, 0) is 4.74 Å². The molecule has 0 amide bonds. The summed E-state index contributed by atoms with van der Waals surface area (Å²) in [5.41, 5.74) is 0. The maximum Gasteiger partial charge on any atom is 0.0575 e. The van der Waals surface area contributed by atoms with E-state index >= 15 is 0 Å². The molecule has 0 N–H and O–H groups in total. The van der Waals surface area contributed by atoms with Crippen molar-refractivity contribution in [3.63, 3.8) is 0 Å². The van der Waals surface area contributed by atoms with Crippen LogP contribution in [0.4, 0.5) is 0 Å². The van der Waals surface area contributed by atoms with Crippen LogP contribution in [0.3, 0.4) is 0 Å². The van der Waals surface area contributed by atoms with Crippen LogP contribution in [0.2, 0.25) is 0 Å². The summed E-state index contributed by atoms with van der Waals surface area (Å²) < 4.78 is 5.46. The van der Waals surface area contributed by atoms with E-state index < -0.39 is 0 Å². The van der Waals surface area contributed by atoms with Gasteiger partial charge in [0.2, 0.25) is 0 Å². The molecule has 0 aliphatic carbocycles. The van der Waals surface area contributed by atoms with Gasteiger partial charge in [0.1, 0.15) is 0 Å². The molecule has 3 atom stereocenters. The van der Waals surface area contributed by atoms with Crippen LogP contribution in [0.15, 0.2) is 0 Å². The van der Waals surface area contributed by atoms with Gasteiger partial charge in [-0.2, -0.15) is 0 Å². The quantitative estimate of drug-likeness (QED) is 0.485. The van der Waals surface area contributed by atoms with Crippen LogP contribution in [0, 0.1) is 11.8 Å². The summed E-state index contributed by atoms with van der Waals surface area (Å²) in [6.45, 7) is 7.71. The molecule has 1 nitrogen and oxygen atoms in total. The maximum atomic E-state index is 5.46. The summed E-state index contributed by atoms with van der Waals surface area (Å²) in [5.74, 6) is 1.60. The van der Waals surface area contributed by atoms with Crippen molar-refractivity contribution in [2.45, 2.75) is 33.3 Å². The third kappa shape index (κ3) is 1.45. The molecule has 0 bridgehead atoms. The summed E-state index contributed by atoms with van der Waals surface area (Å²) in [5, 5.41) is 0. The fourth-order valence-electron chi connectivity index (χ4n) is 1.32. The highest BCUT2D eigenvalue weighted by atomic mass is 16.5. The van der Waals surface area contributed by atoms with Crippen molar-refractivity contribution in [1.82, 2.24) is 0 Å². The van der Waals surface area contributed by atoms with Crippen molar-refractivity contribution < 1.29 is 4.74 Å². The predicted molar refractivity (Wildman–Crippen MR) is 38.4 cm³/mol. The average molecular weight is 128 g/mol. The molecular formula is C8H16O. The molecule has 1 saturated heterocycles. The van der Waals surface area contributed by atoms with Gasteiger partial charge < -0.3 is 4.74 Å². The van der Waals surface area contributed by atoms with Crippen molar-refractivity contribution in [3.05, 3.63) is 0 Å². The molecule has 0 aromatic rings. The summed E-state index contributed by atoms with van der Waals surface area (Å²) in [7, 11) is 0. The van der Waals surface area contributed by atoms with E-state index in [4.69, 9.17) is 4.74 Å². The summed E-state index contributed by atoms with van der Waals surface area (Å²) >= 11 is 0.